The summed E-state index contributed by atoms with van der Waals surface area (Å²) in [5, 5.41) is 3.02. The number of ether oxygens (including phenoxy) is 1. The Morgan fingerprint density at radius 2 is 1.41 bits per heavy atom. The highest BCUT2D eigenvalue weighted by molar-refractivity contribution is 5.76. The number of rotatable bonds is 8. The fraction of sp³-hybridized carbons (Fsp3) is 0.944. The largest absolute Gasteiger partial charge is 0.380 e. The third-order valence-corrected chi connectivity index (χ3v) is 3.40. The number of hydrogen-bond donors (Lipinski definition) is 2. The third-order valence-electron chi connectivity index (χ3n) is 3.40. The van der Waals surface area contributed by atoms with Crippen molar-refractivity contribution in [3.05, 3.63) is 0 Å². The molecule has 0 atom stereocenters. The lowest BCUT2D eigenvalue weighted by molar-refractivity contribution is -0.123. The van der Waals surface area contributed by atoms with Crippen LogP contribution < -0.4 is 11.1 Å². The molecule has 4 heteroatoms. The highest BCUT2D eigenvalue weighted by Crippen LogP contribution is 2.22. The summed E-state index contributed by atoms with van der Waals surface area (Å²) in [6.45, 7) is 19.2. The molecule has 1 amide bonds. The molecule has 0 aliphatic rings. The van der Waals surface area contributed by atoms with E-state index in [0.29, 0.717) is 19.6 Å². The molecule has 0 aromatic heterocycles. The second-order valence-electron chi connectivity index (χ2n) is 8.69. The summed E-state index contributed by atoms with van der Waals surface area (Å²) in [5.41, 5.74) is 4.73. The highest BCUT2D eigenvalue weighted by atomic mass is 16.5. The molecule has 0 aromatic rings. The van der Waals surface area contributed by atoms with Crippen molar-refractivity contribution in [1.29, 1.82) is 0 Å². The predicted octanol–water partition coefficient (Wildman–Crippen LogP) is 3.59. The third kappa shape index (κ3) is 14.3. The fourth-order valence-electron chi connectivity index (χ4n) is 1.64. The van der Waals surface area contributed by atoms with E-state index >= 15 is 0 Å². The molecule has 0 bridgehead atoms. The van der Waals surface area contributed by atoms with Crippen LogP contribution in [0.2, 0.25) is 0 Å². The van der Waals surface area contributed by atoms with E-state index in [1.807, 2.05) is 0 Å². The number of nitrogens with two attached hydrogens (primary N) is 1. The standard InChI is InChI=1S/C17H35NO2.CH5N/c1-9-16(5,6)12-20-13-17(7,8)11-18-14(19)10-15(2,3)4;1-2/h9-13H2,1-8H3,(H,18,19);2H2,1H3. The Labute approximate surface area is 138 Å². The van der Waals surface area contributed by atoms with Crippen molar-refractivity contribution >= 4 is 5.91 Å². The topological polar surface area (TPSA) is 64.3 Å². The van der Waals surface area contributed by atoms with E-state index in [1.54, 1.807) is 0 Å². The van der Waals surface area contributed by atoms with Crippen molar-refractivity contribution in [2.45, 2.75) is 68.2 Å². The van der Waals surface area contributed by atoms with Gasteiger partial charge in [0, 0.05) is 18.4 Å². The predicted molar refractivity (Wildman–Crippen MR) is 95.9 cm³/mol. The van der Waals surface area contributed by atoms with Crippen LogP contribution in [0.1, 0.15) is 68.2 Å². The van der Waals surface area contributed by atoms with Crippen molar-refractivity contribution in [2.24, 2.45) is 22.0 Å². The second-order valence-corrected chi connectivity index (χ2v) is 8.69. The minimum atomic E-state index is -0.0304. The number of nitrogens with one attached hydrogen (secondary N) is 1. The van der Waals surface area contributed by atoms with Gasteiger partial charge in [-0.25, -0.2) is 0 Å². The van der Waals surface area contributed by atoms with Gasteiger partial charge in [-0.2, -0.15) is 0 Å². The average molecular weight is 317 g/mol. The normalized spacial score (nSPS) is 12.5. The maximum Gasteiger partial charge on any atom is 0.220 e. The molecule has 0 fully saturated rings. The molecule has 0 rings (SSSR count). The summed E-state index contributed by atoms with van der Waals surface area (Å²) in [6, 6.07) is 0. The van der Waals surface area contributed by atoms with Gasteiger partial charge in [0.1, 0.15) is 0 Å². The van der Waals surface area contributed by atoms with Crippen molar-refractivity contribution in [3.63, 3.8) is 0 Å². The van der Waals surface area contributed by atoms with Gasteiger partial charge in [-0.3, -0.25) is 4.79 Å². The quantitative estimate of drug-likeness (QED) is 0.719. The Hall–Kier alpha value is -0.610. The van der Waals surface area contributed by atoms with Crippen LogP contribution in [0.5, 0.6) is 0 Å². The zero-order chi connectivity index (χ0) is 18.0. The van der Waals surface area contributed by atoms with Crippen LogP contribution in [0, 0.1) is 16.2 Å². The maximum absolute atomic E-state index is 11.8. The summed E-state index contributed by atoms with van der Waals surface area (Å²) < 4.78 is 5.84. The lowest BCUT2D eigenvalue weighted by Crippen LogP contribution is -2.38. The zero-order valence-corrected chi connectivity index (χ0v) is 16.4. The highest BCUT2D eigenvalue weighted by Gasteiger charge is 2.23. The van der Waals surface area contributed by atoms with Gasteiger partial charge in [-0.1, -0.05) is 55.4 Å². The summed E-state index contributed by atoms with van der Waals surface area (Å²) in [6.07, 6.45) is 1.67. The van der Waals surface area contributed by atoms with Crippen LogP contribution in [0.25, 0.3) is 0 Å². The molecule has 3 N–H and O–H groups in total. The molecule has 4 nitrogen and oxygen atoms in total. The van der Waals surface area contributed by atoms with E-state index in [1.165, 1.54) is 7.05 Å². The smallest absolute Gasteiger partial charge is 0.220 e. The second kappa shape index (κ2) is 10.2. The SMILES string of the molecule is CCC(C)(C)COCC(C)(C)CNC(=O)CC(C)(C)C.CN. The van der Waals surface area contributed by atoms with Crippen LogP contribution in [0.15, 0.2) is 0 Å². The number of amides is 1. The maximum atomic E-state index is 11.8. The lowest BCUT2D eigenvalue weighted by atomic mass is 9.90. The minimum Gasteiger partial charge on any atom is -0.380 e. The Balaban J connectivity index is 0. The molecule has 0 aromatic carbocycles. The van der Waals surface area contributed by atoms with Gasteiger partial charge in [0.05, 0.1) is 13.2 Å². The lowest BCUT2D eigenvalue weighted by Gasteiger charge is -2.29. The van der Waals surface area contributed by atoms with E-state index in [4.69, 9.17) is 4.74 Å². The van der Waals surface area contributed by atoms with E-state index in [0.717, 1.165) is 13.0 Å². The number of carbonyl (C=O) groups is 1. The van der Waals surface area contributed by atoms with Crippen LogP contribution >= 0.6 is 0 Å². The molecular formula is C18H40N2O2. The van der Waals surface area contributed by atoms with Crippen molar-refractivity contribution in [2.75, 3.05) is 26.8 Å². The first-order valence-corrected chi connectivity index (χ1v) is 8.29. The molecule has 0 aliphatic heterocycles. The first-order chi connectivity index (χ1) is 9.87. The van der Waals surface area contributed by atoms with Crippen LogP contribution in [-0.2, 0) is 9.53 Å². The molecule has 0 unspecified atom stereocenters. The number of hydrogen-bond acceptors (Lipinski definition) is 3. The summed E-state index contributed by atoms with van der Waals surface area (Å²) in [5.74, 6) is 0.125. The van der Waals surface area contributed by atoms with Crippen LogP contribution in [0.4, 0.5) is 0 Å². The van der Waals surface area contributed by atoms with Gasteiger partial charge in [0.15, 0.2) is 0 Å². The summed E-state index contributed by atoms with van der Waals surface area (Å²) in [4.78, 5) is 11.8. The van der Waals surface area contributed by atoms with Crippen molar-refractivity contribution in [1.82, 2.24) is 5.32 Å². The van der Waals surface area contributed by atoms with Crippen LogP contribution in [-0.4, -0.2) is 32.7 Å². The Kier molecular flexibility index (Phi) is 11.0. The van der Waals surface area contributed by atoms with E-state index in [2.05, 4.69) is 66.4 Å². The fourth-order valence-corrected chi connectivity index (χ4v) is 1.64. The first-order valence-electron chi connectivity index (χ1n) is 8.29. The Morgan fingerprint density at radius 3 is 1.82 bits per heavy atom. The van der Waals surface area contributed by atoms with E-state index in [9.17, 15) is 4.79 Å². The molecule has 0 radical (unpaired) electrons. The Morgan fingerprint density at radius 1 is 0.955 bits per heavy atom. The molecule has 22 heavy (non-hydrogen) atoms. The van der Waals surface area contributed by atoms with Crippen molar-refractivity contribution in [3.8, 4) is 0 Å². The molecule has 134 valence electrons. The van der Waals surface area contributed by atoms with Gasteiger partial charge in [0.2, 0.25) is 5.91 Å². The molecule has 0 saturated heterocycles. The molecule has 0 aliphatic carbocycles. The van der Waals surface area contributed by atoms with Gasteiger partial charge >= 0.3 is 0 Å². The molecular weight excluding hydrogens is 276 g/mol. The van der Waals surface area contributed by atoms with Gasteiger partial charge < -0.3 is 15.8 Å². The Bertz CT molecular complexity index is 305. The number of carbonyl (C=O) groups excluding carboxylic acids is 1. The first kappa shape index (κ1) is 23.7. The zero-order valence-electron chi connectivity index (χ0n) is 16.4. The molecule has 0 spiro atoms. The van der Waals surface area contributed by atoms with Crippen LogP contribution in [0.3, 0.4) is 0 Å². The van der Waals surface area contributed by atoms with Gasteiger partial charge in [0.25, 0.3) is 0 Å². The summed E-state index contributed by atoms with van der Waals surface area (Å²) in [7, 11) is 1.50. The van der Waals surface area contributed by atoms with Gasteiger partial charge in [-0.05, 0) is 24.3 Å². The monoisotopic (exact) mass is 316 g/mol. The molecule has 0 heterocycles. The van der Waals surface area contributed by atoms with E-state index in [-0.39, 0.29) is 22.2 Å². The van der Waals surface area contributed by atoms with Crippen molar-refractivity contribution < 1.29 is 9.53 Å². The van der Waals surface area contributed by atoms with Gasteiger partial charge in [-0.15, -0.1) is 0 Å². The molecule has 0 saturated carbocycles. The van der Waals surface area contributed by atoms with E-state index < -0.39 is 0 Å². The summed E-state index contributed by atoms with van der Waals surface area (Å²) >= 11 is 0. The average Bonchev–Trinajstić information content (AvgIpc) is 2.36. The minimum absolute atomic E-state index is 0.0304.